The van der Waals surface area contributed by atoms with Crippen molar-refractivity contribution in [2.75, 3.05) is 47.0 Å². The van der Waals surface area contributed by atoms with E-state index in [0.717, 1.165) is 19.4 Å². The van der Waals surface area contributed by atoms with Crippen LogP contribution in [0.25, 0.3) is 0 Å². The predicted molar refractivity (Wildman–Crippen MR) is 61.4 cm³/mol. The van der Waals surface area contributed by atoms with Gasteiger partial charge in [0.25, 0.3) is 0 Å². The third-order valence-electron chi connectivity index (χ3n) is 2.71. The van der Waals surface area contributed by atoms with E-state index < -0.39 is 0 Å². The van der Waals surface area contributed by atoms with E-state index in [2.05, 4.69) is 5.32 Å². The highest BCUT2D eigenvalue weighted by atomic mass is 16.5. The first-order valence-electron chi connectivity index (χ1n) is 5.81. The van der Waals surface area contributed by atoms with Gasteiger partial charge in [-0.25, -0.2) is 0 Å². The van der Waals surface area contributed by atoms with E-state index in [9.17, 15) is 4.79 Å². The molecule has 94 valence electrons. The summed E-state index contributed by atoms with van der Waals surface area (Å²) in [6.45, 7) is 3.19. The van der Waals surface area contributed by atoms with Crippen LogP contribution in [0.5, 0.6) is 0 Å². The minimum atomic E-state index is 0.0596. The van der Waals surface area contributed by atoms with Crippen LogP contribution in [0.15, 0.2) is 0 Å². The molecule has 1 fully saturated rings. The average Bonchev–Trinajstić information content (AvgIpc) is 2.30. The Kier molecular flexibility index (Phi) is 6.37. The Bertz CT molecular complexity index is 211. The number of nitrogens with one attached hydrogen (secondary N) is 1. The molecule has 1 saturated heterocycles. The first-order chi connectivity index (χ1) is 7.77. The van der Waals surface area contributed by atoms with Gasteiger partial charge in [0.1, 0.15) is 6.61 Å². The summed E-state index contributed by atoms with van der Waals surface area (Å²) in [7, 11) is 3.49. The molecule has 1 amide bonds. The number of amides is 1. The van der Waals surface area contributed by atoms with E-state index in [1.807, 2.05) is 11.9 Å². The van der Waals surface area contributed by atoms with E-state index in [-0.39, 0.29) is 18.6 Å². The second-order valence-corrected chi connectivity index (χ2v) is 4.01. The van der Waals surface area contributed by atoms with Crippen LogP contribution in [0.4, 0.5) is 0 Å². The van der Waals surface area contributed by atoms with Crippen LogP contribution in [0, 0.1) is 0 Å². The summed E-state index contributed by atoms with van der Waals surface area (Å²) in [5, 5.41) is 3.11. The second-order valence-electron chi connectivity index (χ2n) is 4.01. The van der Waals surface area contributed by atoms with Gasteiger partial charge in [0, 0.05) is 20.2 Å². The average molecular weight is 230 g/mol. The summed E-state index contributed by atoms with van der Waals surface area (Å²) in [4.78, 5) is 13.4. The van der Waals surface area contributed by atoms with E-state index in [1.165, 1.54) is 0 Å². The maximum Gasteiger partial charge on any atom is 0.248 e. The Morgan fingerprint density at radius 1 is 1.62 bits per heavy atom. The highest BCUT2D eigenvalue weighted by Gasteiger charge is 2.23. The minimum absolute atomic E-state index is 0.0596. The van der Waals surface area contributed by atoms with Crippen LogP contribution < -0.4 is 5.32 Å². The van der Waals surface area contributed by atoms with Crippen molar-refractivity contribution < 1.29 is 14.3 Å². The van der Waals surface area contributed by atoms with Gasteiger partial charge in [-0.1, -0.05) is 0 Å². The number of hydrogen-bond acceptors (Lipinski definition) is 4. The van der Waals surface area contributed by atoms with Gasteiger partial charge < -0.3 is 19.7 Å². The fourth-order valence-corrected chi connectivity index (χ4v) is 1.84. The molecule has 1 rings (SSSR count). The summed E-state index contributed by atoms with van der Waals surface area (Å²) in [5.41, 5.74) is 0. The van der Waals surface area contributed by atoms with Gasteiger partial charge in [-0.2, -0.15) is 0 Å². The van der Waals surface area contributed by atoms with Gasteiger partial charge in [-0.3, -0.25) is 4.79 Å². The zero-order valence-electron chi connectivity index (χ0n) is 10.2. The third kappa shape index (κ3) is 4.47. The van der Waals surface area contributed by atoms with Gasteiger partial charge in [-0.15, -0.1) is 0 Å². The molecule has 1 heterocycles. The fraction of sp³-hybridized carbons (Fsp3) is 0.909. The van der Waals surface area contributed by atoms with Crippen molar-refractivity contribution in [3.8, 4) is 0 Å². The summed E-state index contributed by atoms with van der Waals surface area (Å²) in [5.74, 6) is 0.0596. The lowest BCUT2D eigenvalue weighted by molar-refractivity contribution is -0.142. The van der Waals surface area contributed by atoms with E-state index >= 15 is 0 Å². The van der Waals surface area contributed by atoms with Crippen molar-refractivity contribution in [1.82, 2.24) is 10.2 Å². The molecule has 5 nitrogen and oxygen atoms in total. The summed E-state index contributed by atoms with van der Waals surface area (Å²) in [6, 6.07) is 0. The van der Waals surface area contributed by atoms with Crippen molar-refractivity contribution in [2.45, 2.75) is 18.9 Å². The Morgan fingerprint density at radius 2 is 2.44 bits per heavy atom. The smallest absolute Gasteiger partial charge is 0.248 e. The zero-order chi connectivity index (χ0) is 11.8. The molecule has 16 heavy (non-hydrogen) atoms. The minimum Gasteiger partial charge on any atom is -0.375 e. The first-order valence-corrected chi connectivity index (χ1v) is 5.81. The van der Waals surface area contributed by atoms with Gasteiger partial charge in [-0.05, 0) is 26.4 Å². The number of morpholine rings is 1. The maximum absolute atomic E-state index is 11.6. The molecule has 1 unspecified atom stereocenters. The SMILES string of the molecule is CNCCCC1CN(C(=O)COC)CCO1. The lowest BCUT2D eigenvalue weighted by atomic mass is 10.1. The Morgan fingerprint density at radius 3 is 3.12 bits per heavy atom. The van der Waals surface area contributed by atoms with Crippen molar-refractivity contribution in [1.29, 1.82) is 0 Å². The van der Waals surface area contributed by atoms with Gasteiger partial charge >= 0.3 is 0 Å². The van der Waals surface area contributed by atoms with Crippen LogP contribution in [-0.4, -0.2) is 63.9 Å². The molecule has 0 spiro atoms. The number of nitrogens with zero attached hydrogens (tertiary/aromatic N) is 1. The summed E-state index contributed by atoms with van der Waals surface area (Å²) >= 11 is 0. The standard InChI is InChI=1S/C11H22N2O3/c1-12-5-3-4-10-8-13(6-7-16-10)11(14)9-15-2/h10,12H,3-9H2,1-2H3. The maximum atomic E-state index is 11.6. The van der Waals surface area contributed by atoms with Gasteiger partial charge in [0.15, 0.2) is 0 Å². The number of methoxy groups -OCH3 is 1. The Balaban J connectivity index is 2.26. The van der Waals surface area contributed by atoms with Crippen LogP contribution >= 0.6 is 0 Å². The molecule has 0 saturated carbocycles. The zero-order valence-corrected chi connectivity index (χ0v) is 10.2. The predicted octanol–water partition coefficient (Wildman–Crippen LogP) is -0.140. The fourth-order valence-electron chi connectivity index (χ4n) is 1.84. The molecule has 1 aliphatic heterocycles. The topological polar surface area (TPSA) is 50.8 Å². The monoisotopic (exact) mass is 230 g/mol. The molecule has 0 aromatic heterocycles. The Hall–Kier alpha value is -0.650. The van der Waals surface area contributed by atoms with Crippen molar-refractivity contribution in [3.05, 3.63) is 0 Å². The lowest BCUT2D eigenvalue weighted by Crippen LogP contribution is -2.46. The van der Waals surface area contributed by atoms with Gasteiger partial charge in [0.05, 0.1) is 12.7 Å². The molecule has 0 aromatic carbocycles. The molecule has 5 heteroatoms. The molecular formula is C11H22N2O3. The molecule has 0 aliphatic carbocycles. The molecule has 0 radical (unpaired) electrons. The van der Waals surface area contributed by atoms with Crippen LogP contribution in [0.3, 0.4) is 0 Å². The van der Waals surface area contributed by atoms with Crippen LogP contribution in [-0.2, 0) is 14.3 Å². The quantitative estimate of drug-likeness (QED) is 0.645. The van der Waals surface area contributed by atoms with Crippen molar-refractivity contribution in [2.24, 2.45) is 0 Å². The van der Waals surface area contributed by atoms with Crippen molar-refractivity contribution >= 4 is 5.91 Å². The molecule has 1 atom stereocenters. The van der Waals surface area contributed by atoms with E-state index in [1.54, 1.807) is 7.11 Å². The summed E-state index contributed by atoms with van der Waals surface area (Å²) in [6.07, 6.45) is 2.26. The first kappa shape index (κ1) is 13.4. The number of rotatable bonds is 6. The molecule has 1 N–H and O–H groups in total. The number of carbonyl (C=O) groups excluding carboxylic acids is 1. The number of carbonyl (C=O) groups is 1. The lowest BCUT2D eigenvalue weighted by Gasteiger charge is -2.32. The normalized spacial score (nSPS) is 21.1. The second kappa shape index (κ2) is 7.60. The highest BCUT2D eigenvalue weighted by molar-refractivity contribution is 5.77. The highest BCUT2D eigenvalue weighted by Crippen LogP contribution is 2.10. The number of ether oxygens (including phenoxy) is 2. The van der Waals surface area contributed by atoms with Crippen LogP contribution in [0.1, 0.15) is 12.8 Å². The largest absolute Gasteiger partial charge is 0.375 e. The Labute approximate surface area is 97.1 Å². The van der Waals surface area contributed by atoms with E-state index in [4.69, 9.17) is 9.47 Å². The molecule has 1 aliphatic rings. The van der Waals surface area contributed by atoms with E-state index in [0.29, 0.717) is 19.7 Å². The molecule has 0 aromatic rings. The van der Waals surface area contributed by atoms with Crippen molar-refractivity contribution in [3.63, 3.8) is 0 Å². The summed E-state index contributed by atoms with van der Waals surface area (Å²) < 4.78 is 10.5. The van der Waals surface area contributed by atoms with Crippen LogP contribution in [0.2, 0.25) is 0 Å². The number of hydrogen-bond donors (Lipinski definition) is 1. The third-order valence-corrected chi connectivity index (χ3v) is 2.71. The van der Waals surface area contributed by atoms with Gasteiger partial charge in [0.2, 0.25) is 5.91 Å². The molecule has 0 bridgehead atoms. The molecular weight excluding hydrogens is 208 g/mol.